The maximum absolute atomic E-state index is 12.9. The summed E-state index contributed by atoms with van der Waals surface area (Å²) >= 11 is 7.56. The summed E-state index contributed by atoms with van der Waals surface area (Å²) in [6, 6.07) is -1.00. The van der Waals surface area contributed by atoms with Crippen LogP contribution < -0.4 is 10.6 Å². The molecule has 0 aromatic heterocycles. The van der Waals surface area contributed by atoms with E-state index in [-0.39, 0.29) is 11.9 Å². The lowest BCUT2D eigenvalue weighted by Crippen LogP contribution is -2.65. The number of carbonyl (C=O) groups excluding carboxylic acids is 1. The Morgan fingerprint density at radius 1 is 1.32 bits per heavy atom. The first-order chi connectivity index (χ1) is 13.3. The fraction of sp³-hybridized carbons (Fsp3) is 0.947. The Hall–Kier alpha value is -0.0900. The number of hydrogen-bond donors (Lipinski definition) is 5. The van der Waals surface area contributed by atoms with Crippen LogP contribution in [0.2, 0.25) is 0 Å². The number of ether oxygens (including phenoxy) is 1. The topological polar surface area (TPSA) is 111 Å². The van der Waals surface area contributed by atoms with Gasteiger partial charge in [0, 0.05) is 0 Å². The third kappa shape index (κ3) is 5.97. The number of aliphatic hydroxyl groups is 3. The molecule has 2 saturated heterocycles. The van der Waals surface area contributed by atoms with Crippen molar-refractivity contribution in [2.45, 2.75) is 93.3 Å². The first-order valence-corrected chi connectivity index (χ1v) is 11.9. The highest BCUT2D eigenvalue weighted by molar-refractivity contribution is 7.99. The highest BCUT2D eigenvalue weighted by atomic mass is 35.5. The van der Waals surface area contributed by atoms with Gasteiger partial charge in [-0.2, -0.15) is 0 Å². The van der Waals surface area contributed by atoms with E-state index in [0.29, 0.717) is 5.92 Å². The Balaban J connectivity index is 2.04. The number of aliphatic hydroxyl groups excluding tert-OH is 3. The van der Waals surface area contributed by atoms with Crippen LogP contribution in [0.5, 0.6) is 0 Å². The average Bonchev–Trinajstić information content (AvgIpc) is 2.69. The SMILES string of the molecule is CCCC[C@@H]1CCN[C@H](C(=O)NC(C(C)Cl)C2OC(SC)C(O)C(O)C2O)C1. The molecule has 1 amide bonds. The molecule has 9 heteroatoms. The number of nitrogens with one attached hydrogen (secondary N) is 2. The molecular formula is C19H35ClN2O5S. The van der Waals surface area contributed by atoms with Crippen LogP contribution in [0.1, 0.15) is 46.0 Å². The van der Waals surface area contributed by atoms with Crippen LogP contribution in [0, 0.1) is 5.92 Å². The summed E-state index contributed by atoms with van der Waals surface area (Å²) in [5.41, 5.74) is -0.704. The monoisotopic (exact) mass is 438 g/mol. The third-order valence-electron chi connectivity index (χ3n) is 5.79. The second-order valence-corrected chi connectivity index (χ2v) is 9.55. The Morgan fingerprint density at radius 2 is 2.04 bits per heavy atom. The van der Waals surface area contributed by atoms with Crippen molar-refractivity contribution in [1.82, 2.24) is 10.6 Å². The predicted octanol–water partition coefficient (Wildman–Crippen LogP) is 0.828. The van der Waals surface area contributed by atoms with E-state index in [4.69, 9.17) is 16.3 Å². The number of thioether (sulfide) groups is 1. The van der Waals surface area contributed by atoms with E-state index in [1.165, 1.54) is 18.2 Å². The molecule has 7 nitrogen and oxygen atoms in total. The van der Waals surface area contributed by atoms with E-state index in [1.807, 2.05) is 0 Å². The number of unbranched alkanes of at least 4 members (excludes halogenated alkanes) is 1. The van der Waals surface area contributed by atoms with E-state index in [2.05, 4.69) is 17.6 Å². The average molecular weight is 439 g/mol. The van der Waals surface area contributed by atoms with E-state index >= 15 is 0 Å². The number of alkyl halides is 1. The van der Waals surface area contributed by atoms with E-state index in [0.717, 1.165) is 32.2 Å². The molecule has 2 aliphatic heterocycles. The standard InChI is InChI=1S/C19H35ClN2O5S/c1-4-5-6-11-7-8-21-12(9-11)18(26)22-13(10(2)20)17-15(24)14(23)16(25)19(27-17)28-3/h10-17,19,21,23-25H,4-9H2,1-3H3,(H,22,26)/t10?,11-,12+,13?,14?,15?,16?,17?,19?/m1/s1. The summed E-state index contributed by atoms with van der Waals surface area (Å²) in [7, 11) is 0. The van der Waals surface area contributed by atoms with E-state index < -0.39 is 41.3 Å². The number of rotatable bonds is 8. The van der Waals surface area contributed by atoms with Gasteiger partial charge in [-0.25, -0.2) is 0 Å². The minimum absolute atomic E-state index is 0.171. The zero-order valence-corrected chi connectivity index (χ0v) is 18.5. The molecule has 0 spiro atoms. The zero-order valence-electron chi connectivity index (χ0n) is 16.9. The van der Waals surface area contributed by atoms with Gasteiger partial charge in [-0.3, -0.25) is 4.79 Å². The van der Waals surface area contributed by atoms with Gasteiger partial charge in [0.15, 0.2) is 0 Å². The van der Waals surface area contributed by atoms with Crippen molar-refractivity contribution in [3.8, 4) is 0 Å². The molecule has 7 unspecified atom stereocenters. The Morgan fingerprint density at radius 3 is 2.64 bits per heavy atom. The quantitative estimate of drug-likeness (QED) is 0.357. The van der Waals surface area contributed by atoms with Crippen molar-refractivity contribution in [3.63, 3.8) is 0 Å². The van der Waals surface area contributed by atoms with Crippen molar-refractivity contribution in [3.05, 3.63) is 0 Å². The smallest absolute Gasteiger partial charge is 0.237 e. The Labute approximate surface area is 176 Å². The summed E-state index contributed by atoms with van der Waals surface area (Å²) in [4.78, 5) is 12.9. The van der Waals surface area contributed by atoms with Crippen LogP contribution in [0.15, 0.2) is 0 Å². The molecule has 0 aromatic carbocycles. The fourth-order valence-electron chi connectivity index (χ4n) is 4.04. The summed E-state index contributed by atoms with van der Waals surface area (Å²) in [6.45, 7) is 4.68. The summed E-state index contributed by atoms with van der Waals surface area (Å²) in [5, 5.41) is 36.3. The Kier molecular flexibility index (Phi) is 9.80. The minimum atomic E-state index is -1.36. The van der Waals surface area contributed by atoms with Crippen molar-refractivity contribution < 1.29 is 24.9 Å². The van der Waals surface area contributed by atoms with Crippen LogP contribution in [-0.2, 0) is 9.53 Å². The highest BCUT2D eigenvalue weighted by Crippen LogP contribution is 2.30. The maximum atomic E-state index is 12.9. The van der Waals surface area contributed by atoms with Gasteiger partial charge in [0.25, 0.3) is 0 Å². The third-order valence-corrected chi connectivity index (χ3v) is 6.92. The molecule has 0 aliphatic carbocycles. The van der Waals surface area contributed by atoms with E-state index in [9.17, 15) is 20.1 Å². The molecule has 2 heterocycles. The van der Waals surface area contributed by atoms with Gasteiger partial charge in [0.1, 0.15) is 29.9 Å². The van der Waals surface area contributed by atoms with Crippen molar-refractivity contribution in [2.24, 2.45) is 5.92 Å². The number of hydrogen-bond acceptors (Lipinski definition) is 7. The summed E-state index contributed by atoms with van der Waals surface area (Å²) in [6.07, 6.45) is 2.21. The first kappa shape index (κ1) is 24.2. The first-order valence-electron chi connectivity index (χ1n) is 10.2. The van der Waals surface area contributed by atoms with Gasteiger partial charge < -0.3 is 30.7 Å². The van der Waals surface area contributed by atoms with Crippen LogP contribution in [0.4, 0.5) is 0 Å². The summed E-state index contributed by atoms with van der Waals surface area (Å²) < 4.78 is 5.80. The van der Waals surface area contributed by atoms with Crippen LogP contribution in [-0.4, -0.2) is 81.3 Å². The van der Waals surface area contributed by atoms with Crippen LogP contribution >= 0.6 is 23.4 Å². The molecule has 2 fully saturated rings. The van der Waals surface area contributed by atoms with Crippen molar-refractivity contribution in [1.29, 1.82) is 0 Å². The van der Waals surface area contributed by atoms with Gasteiger partial charge in [0.2, 0.25) is 5.91 Å². The molecule has 9 atom stereocenters. The van der Waals surface area contributed by atoms with Gasteiger partial charge in [0.05, 0.1) is 17.5 Å². The normalized spacial score (nSPS) is 38.6. The second kappa shape index (κ2) is 11.3. The molecule has 28 heavy (non-hydrogen) atoms. The maximum Gasteiger partial charge on any atom is 0.237 e. The lowest BCUT2D eigenvalue weighted by Gasteiger charge is -2.44. The molecule has 0 aromatic rings. The minimum Gasteiger partial charge on any atom is -0.388 e. The van der Waals surface area contributed by atoms with E-state index in [1.54, 1.807) is 13.2 Å². The lowest BCUT2D eigenvalue weighted by molar-refractivity contribution is -0.205. The molecule has 2 rings (SSSR count). The lowest BCUT2D eigenvalue weighted by atomic mass is 9.87. The molecule has 164 valence electrons. The molecule has 5 N–H and O–H groups in total. The van der Waals surface area contributed by atoms with Crippen LogP contribution in [0.25, 0.3) is 0 Å². The van der Waals surface area contributed by atoms with Gasteiger partial charge in [-0.1, -0.05) is 26.2 Å². The van der Waals surface area contributed by atoms with Gasteiger partial charge in [-0.15, -0.1) is 23.4 Å². The molecule has 0 bridgehead atoms. The molecule has 2 aliphatic rings. The fourth-order valence-corrected chi connectivity index (χ4v) is 4.93. The molecular weight excluding hydrogens is 404 g/mol. The molecule has 0 radical (unpaired) electrons. The Bertz CT molecular complexity index is 499. The largest absolute Gasteiger partial charge is 0.388 e. The summed E-state index contributed by atoms with van der Waals surface area (Å²) in [5.74, 6) is 0.356. The second-order valence-electron chi connectivity index (χ2n) is 7.93. The van der Waals surface area contributed by atoms with Gasteiger partial charge in [-0.05, 0) is 38.5 Å². The van der Waals surface area contributed by atoms with Crippen molar-refractivity contribution >= 4 is 29.3 Å². The number of carbonyl (C=O) groups is 1. The molecule has 0 saturated carbocycles. The zero-order chi connectivity index (χ0) is 20.8. The van der Waals surface area contributed by atoms with Crippen LogP contribution in [0.3, 0.4) is 0 Å². The van der Waals surface area contributed by atoms with Crippen molar-refractivity contribution in [2.75, 3.05) is 12.8 Å². The van der Waals surface area contributed by atoms with Gasteiger partial charge >= 0.3 is 0 Å². The number of piperidine rings is 1. The number of amides is 1. The predicted molar refractivity (Wildman–Crippen MR) is 111 cm³/mol. The number of halogens is 1. The highest BCUT2D eigenvalue weighted by Gasteiger charge is 2.48.